The van der Waals surface area contributed by atoms with Gasteiger partial charge in [0, 0.05) is 25.3 Å². The van der Waals surface area contributed by atoms with Crippen LogP contribution >= 0.6 is 12.4 Å². The molecule has 0 bridgehead atoms. The summed E-state index contributed by atoms with van der Waals surface area (Å²) in [7, 11) is 0. The first-order chi connectivity index (χ1) is 5.88. The van der Waals surface area contributed by atoms with Crippen molar-refractivity contribution in [2.75, 3.05) is 24.5 Å². The highest BCUT2D eigenvalue weighted by atomic mass is 35.5. The Balaban J connectivity index is 0.00000144. The van der Waals surface area contributed by atoms with E-state index in [1.807, 2.05) is 6.07 Å². The predicted octanol–water partition coefficient (Wildman–Crippen LogP) is 1.89. The number of likely N-dealkylation sites (N-methyl/N-ethyl adjacent to an activating group) is 1. The fourth-order valence-electron chi connectivity index (χ4n) is 1.26. The number of hydrogen-bond acceptors (Lipinski definition) is 2. The topological polar surface area (TPSA) is 29.3 Å². The quantitative estimate of drug-likeness (QED) is 0.805. The molecule has 0 atom stereocenters. The smallest absolute Gasteiger partial charge is 0.0366 e. The van der Waals surface area contributed by atoms with Crippen LogP contribution in [0, 0.1) is 0 Å². The van der Waals surface area contributed by atoms with Gasteiger partial charge in [-0.3, -0.25) is 0 Å². The highest BCUT2D eigenvalue weighted by Crippen LogP contribution is 2.11. The Morgan fingerprint density at radius 2 is 1.85 bits per heavy atom. The first-order valence-corrected chi connectivity index (χ1v) is 4.38. The van der Waals surface area contributed by atoms with Crippen LogP contribution in [-0.2, 0) is 0 Å². The number of rotatable bonds is 4. The van der Waals surface area contributed by atoms with E-state index in [4.69, 9.17) is 5.73 Å². The molecule has 0 aliphatic heterocycles. The lowest BCUT2D eigenvalue weighted by Gasteiger charge is -2.21. The molecule has 74 valence electrons. The van der Waals surface area contributed by atoms with Crippen LogP contribution in [0.1, 0.15) is 6.92 Å². The van der Waals surface area contributed by atoms with E-state index < -0.39 is 0 Å². The minimum Gasteiger partial charge on any atom is -0.371 e. The third kappa shape index (κ3) is 3.66. The highest BCUT2D eigenvalue weighted by Gasteiger charge is 1.99. The van der Waals surface area contributed by atoms with Crippen molar-refractivity contribution in [1.29, 1.82) is 0 Å². The SMILES string of the molecule is CCN(CCN)c1ccccc1.Cl. The van der Waals surface area contributed by atoms with Gasteiger partial charge >= 0.3 is 0 Å². The molecule has 0 spiro atoms. The van der Waals surface area contributed by atoms with Gasteiger partial charge in [-0.2, -0.15) is 0 Å². The first-order valence-electron chi connectivity index (χ1n) is 4.38. The lowest BCUT2D eigenvalue weighted by Crippen LogP contribution is -2.28. The van der Waals surface area contributed by atoms with Crippen LogP contribution in [0.15, 0.2) is 30.3 Å². The van der Waals surface area contributed by atoms with Crippen LogP contribution in [0.4, 0.5) is 5.69 Å². The van der Waals surface area contributed by atoms with Crippen molar-refractivity contribution in [3.8, 4) is 0 Å². The molecule has 0 radical (unpaired) electrons. The molecule has 2 N–H and O–H groups in total. The normalized spacial score (nSPS) is 9.08. The Hall–Kier alpha value is -0.730. The maximum absolute atomic E-state index is 5.50. The molecule has 1 rings (SSSR count). The summed E-state index contributed by atoms with van der Waals surface area (Å²) in [4.78, 5) is 2.26. The molecule has 1 aromatic rings. The van der Waals surface area contributed by atoms with E-state index in [0.29, 0.717) is 6.54 Å². The molecule has 0 aliphatic carbocycles. The monoisotopic (exact) mass is 200 g/mol. The second kappa shape index (κ2) is 6.75. The van der Waals surface area contributed by atoms with Gasteiger partial charge in [0.25, 0.3) is 0 Å². The van der Waals surface area contributed by atoms with Gasteiger partial charge in [-0.15, -0.1) is 12.4 Å². The van der Waals surface area contributed by atoms with Crippen molar-refractivity contribution >= 4 is 18.1 Å². The zero-order valence-corrected chi connectivity index (χ0v) is 8.76. The largest absolute Gasteiger partial charge is 0.371 e. The second-order valence-corrected chi connectivity index (χ2v) is 2.70. The van der Waals surface area contributed by atoms with Crippen LogP contribution in [0.5, 0.6) is 0 Å². The number of para-hydroxylation sites is 1. The van der Waals surface area contributed by atoms with E-state index in [1.165, 1.54) is 5.69 Å². The number of halogens is 1. The molecule has 0 unspecified atom stereocenters. The zero-order valence-electron chi connectivity index (χ0n) is 7.94. The highest BCUT2D eigenvalue weighted by molar-refractivity contribution is 5.85. The summed E-state index contributed by atoms with van der Waals surface area (Å²) in [6.07, 6.45) is 0. The minimum absolute atomic E-state index is 0. The molecule has 2 nitrogen and oxygen atoms in total. The third-order valence-electron chi connectivity index (χ3n) is 1.90. The number of nitrogens with zero attached hydrogens (tertiary/aromatic N) is 1. The second-order valence-electron chi connectivity index (χ2n) is 2.70. The predicted molar refractivity (Wildman–Crippen MR) is 60.6 cm³/mol. The van der Waals surface area contributed by atoms with Crippen molar-refractivity contribution in [3.05, 3.63) is 30.3 Å². The molecule has 0 saturated heterocycles. The van der Waals surface area contributed by atoms with Gasteiger partial charge < -0.3 is 10.6 Å². The Kier molecular flexibility index (Phi) is 6.37. The van der Waals surface area contributed by atoms with E-state index in [9.17, 15) is 0 Å². The van der Waals surface area contributed by atoms with Crippen molar-refractivity contribution < 1.29 is 0 Å². The Morgan fingerprint density at radius 3 is 2.31 bits per heavy atom. The number of benzene rings is 1. The first kappa shape index (κ1) is 12.3. The summed E-state index contributed by atoms with van der Waals surface area (Å²) in [5.74, 6) is 0. The molecule has 0 saturated carbocycles. The zero-order chi connectivity index (χ0) is 8.81. The summed E-state index contributed by atoms with van der Waals surface area (Å²) in [5, 5.41) is 0. The molecule has 0 heterocycles. The Labute approximate surface area is 86.1 Å². The number of anilines is 1. The molecule has 13 heavy (non-hydrogen) atoms. The van der Waals surface area contributed by atoms with Crippen molar-refractivity contribution in [3.63, 3.8) is 0 Å². The molecule has 0 aliphatic rings. The summed E-state index contributed by atoms with van der Waals surface area (Å²) >= 11 is 0. The van der Waals surface area contributed by atoms with Gasteiger partial charge in [-0.25, -0.2) is 0 Å². The van der Waals surface area contributed by atoms with E-state index in [2.05, 4.69) is 36.1 Å². The maximum Gasteiger partial charge on any atom is 0.0366 e. The van der Waals surface area contributed by atoms with E-state index in [1.54, 1.807) is 0 Å². The van der Waals surface area contributed by atoms with Crippen molar-refractivity contribution in [1.82, 2.24) is 0 Å². The van der Waals surface area contributed by atoms with Crippen molar-refractivity contribution in [2.24, 2.45) is 5.73 Å². The van der Waals surface area contributed by atoms with Crippen LogP contribution in [0.3, 0.4) is 0 Å². The van der Waals surface area contributed by atoms with Gasteiger partial charge in [-0.05, 0) is 19.1 Å². The lowest BCUT2D eigenvalue weighted by atomic mass is 10.3. The summed E-state index contributed by atoms with van der Waals surface area (Å²) in [6, 6.07) is 10.3. The average Bonchev–Trinajstić information content (AvgIpc) is 2.15. The standard InChI is InChI=1S/C10H16N2.ClH/c1-2-12(9-8-11)10-6-4-3-5-7-10;/h3-7H,2,8-9,11H2,1H3;1H. The van der Waals surface area contributed by atoms with E-state index >= 15 is 0 Å². The molecule has 1 aromatic carbocycles. The molecule has 0 amide bonds. The fraction of sp³-hybridized carbons (Fsp3) is 0.400. The summed E-state index contributed by atoms with van der Waals surface area (Å²) in [5.41, 5.74) is 6.76. The van der Waals surface area contributed by atoms with Crippen LogP contribution < -0.4 is 10.6 Å². The third-order valence-corrected chi connectivity index (χ3v) is 1.90. The molecule has 0 aromatic heterocycles. The average molecular weight is 201 g/mol. The molecular weight excluding hydrogens is 184 g/mol. The Morgan fingerprint density at radius 1 is 1.23 bits per heavy atom. The van der Waals surface area contributed by atoms with E-state index in [0.717, 1.165) is 13.1 Å². The van der Waals surface area contributed by atoms with Gasteiger partial charge in [0.1, 0.15) is 0 Å². The van der Waals surface area contributed by atoms with Gasteiger partial charge in [0.15, 0.2) is 0 Å². The number of hydrogen-bond donors (Lipinski definition) is 1. The van der Waals surface area contributed by atoms with E-state index in [-0.39, 0.29) is 12.4 Å². The maximum atomic E-state index is 5.50. The van der Waals surface area contributed by atoms with Crippen molar-refractivity contribution in [2.45, 2.75) is 6.92 Å². The summed E-state index contributed by atoms with van der Waals surface area (Å²) in [6.45, 7) is 4.80. The van der Waals surface area contributed by atoms with Crippen LogP contribution in [0.25, 0.3) is 0 Å². The van der Waals surface area contributed by atoms with Gasteiger partial charge in [0.05, 0.1) is 0 Å². The van der Waals surface area contributed by atoms with Gasteiger partial charge in [-0.1, -0.05) is 18.2 Å². The minimum atomic E-state index is 0. The molecule has 3 heteroatoms. The Bertz CT molecular complexity index is 213. The molecular formula is C10H17ClN2. The van der Waals surface area contributed by atoms with Crippen LogP contribution in [-0.4, -0.2) is 19.6 Å². The van der Waals surface area contributed by atoms with Gasteiger partial charge in [0.2, 0.25) is 0 Å². The molecule has 0 fully saturated rings. The summed E-state index contributed by atoms with van der Waals surface area (Å²) < 4.78 is 0. The lowest BCUT2D eigenvalue weighted by molar-refractivity contribution is 0.817. The number of nitrogens with two attached hydrogens (primary N) is 1. The van der Waals surface area contributed by atoms with Crippen LogP contribution in [0.2, 0.25) is 0 Å². The fourth-order valence-corrected chi connectivity index (χ4v) is 1.26.